The molecule has 0 fully saturated rings. The van der Waals surface area contributed by atoms with Crippen molar-refractivity contribution >= 4 is 11.9 Å². The first-order valence-corrected chi connectivity index (χ1v) is 2.60. The Kier molecular flexibility index (Phi) is 13.8. The molecule has 0 amide bonds. The molecular formula is C5H7Li2NO4. The number of carbonyl (C=O) groups excluding carboxylic acids is 2. The largest absolute Gasteiger partial charge is 1.00 e. The van der Waals surface area contributed by atoms with Crippen molar-refractivity contribution in [2.45, 2.75) is 0 Å². The molecule has 0 N–H and O–H groups in total. The van der Waals surface area contributed by atoms with Crippen LogP contribution in [-0.4, -0.2) is 37.0 Å². The fraction of sp³-hybridized carbons (Fsp3) is 0.600. The van der Waals surface area contributed by atoms with Gasteiger partial charge in [-0.3, -0.25) is 4.90 Å². The van der Waals surface area contributed by atoms with Crippen LogP contribution in [0.3, 0.4) is 0 Å². The number of hydrogen-bond acceptors (Lipinski definition) is 5. The van der Waals surface area contributed by atoms with Crippen LogP contribution in [0.4, 0.5) is 0 Å². The van der Waals surface area contributed by atoms with Crippen molar-refractivity contribution in [3.8, 4) is 0 Å². The molecule has 12 heavy (non-hydrogen) atoms. The van der Waals surface area contributed by atoms with E-state index in [1.54, 1.807) is 0 Å². The van der Waals surface area contributed by atoms with Crippen LogP contribution in [0.2, 0.25) is 0 Å². The van der Waals surface area contributed by atoms with Crippen LogP contribution >= 0.6 is 0 Å². The molecular weight excluding hydrogens is 152 g/mol. The van der Waals surface area contributed by atoms with Crippen molar-refractivity contribution in [1.29, 1.82) is 0 Å². The van der Waals surface area contributed by atoms with Gasteiger partial charge in [0.2, 0.25) is 0 Å². The van der Waals surface area contributed by atoms with Crippen molar-refractivity contribution < 1.29 is 57.5 Å². The Morgan fingerprint density at radius 1 is 1.08 bits per heavy atom. The van der Waals surface area contributed by atoms with E-state index in [0.717, 1.165) is 4.90 Å². The van der Waals surface area contributed by atoms with E-state index >= 15 is 0 Å². The maximum atomic E-state index is 9.83. The van der Waals surface area contributed by atoms with E-state index in [1.807, 2.05) is 0 Å². The summed E-state index contributed by atoms with van der Waals surface area (Å²) in [5.74, 6) is -2.60. The van der Waals surface area contributed by atoms with Crippen molar-refractivity contribution in [3.05, 3.63) is 0 Å². The molecule has 7 heteroatoms. The second-order valence-corrected chi connectivity index (χ2v) is 1.92. The van der Waals surface area contributed by atoms with E-state index in [0.29, 0.717) is 0 Å². The van der Waals surface area contributed by atoms with E-state index < -0.39 is 25.0 Å². The smallest absolute Gasteiger partial charge is 0.549 e. The SMILES string of the molecule is CN(CC(=O)[O-])CC(=O)[O-].[Li+].[Li+]. The van der Waals surface area contributed by atoms with E-state index in [2.05, 4.69) is 0 Å². The first-order chi connectivity index (χ1) is 4.52. The minimum atomic E-state index is -1.30. The predicted molar refractivity (Wildman–Crippen MR) is 27.5 cm³/mol. The van der Waals surface area contributed by atoms with Gasteiger partial charge in [-0.25, -0.2) is 0 Å². The number of nitrogens with zero attached hydrogens (tertiary/aromatic N) is 1. The van der Waals surface area contributed by atoms with E-state index in [4.69, 9.17) is 0 Å². The van der Waals surface area contributed by atoms with Crippen LogP contribution in [-0.2, 0) is 9.59 Å². The Labute approximate surface area is 94.5 Å². The second-order valence-electron chi connectivity index (χ2n) is 1.92. The van der Waals surface area contributed by atoms with E-state index in [1.165, 1.54) is 7.05 Å². The predicted octanol–water partition coefficient (Wildman–Crippen LogP) is -9.57. The summed E-state index contributed by atoms with van der Waals surface area (Å²) in [5, 5.41) is 19.7. The van der Waals surface area contributed by atoms with Crippen LogP contribution in [0, 0.1) is 0 Å². The van der Waals surface area contributed by atoms with Gasteiger partial charge in [0.1, 0.15) is 0 Å². The molecule has 0 aliphatic heterocycles. The molecule has 0 aromatic carbocycles. The summed E-state index contributed by atoms with van der Waals surface area (Å²) < 4.78 is 0. The maximum Gasteiger partial charge on any atom is 1.00 e. The van der Waals surface area contributed by atoms with Crippen LogP contribution in [0.5, 0.6) is 0 Å². The van der Waals surface area contributed by atoms with Crippen molar-refractivity contribution in [1.82, 2.24) is 4.90 Å². The summed E-state index contributed by atoms with van der Waals surface area (Å²) in [4.78, 5) is 20.7. The molecule has 0 rings (SSSR count). The third-order valence-corrected chi connectivity index (χ3v) is 0.798. The molecule has 5 nitrogen and oxygen atoms in total. The van der Waals surface area contributed by atoms with Gasteiger partial charge in [-0.1, -0.05) is 0 Å². The summed E-state index contributed by atoms with van der Waals surface area (Å²) >= 11 is 0. The van der Waals surface area contributed by atoms with Crippen molar-refractivity contribution in [2.75, 3.05) is 20.1 Å². The molecule has 58 valence electrons. The van der Waals surface area contributed by atoms with Gasteiger partial charge in [-0.15, -0.1) is 0 Å². The average Bonchev–Trinajstić information content (AvgIpc) is 1.58. The summed E-state index contributed by atoms with van der Waals surface area (Å²) in [7, 11) is 1.35. The third-order valence-electron chi connectivity index (χ3n) is 0.798. The number of rotatable bonds is 4. The zero-order chi connectivity index (χ0) is 8.15. The summed E-state index contributed by atoms with van der Waals surface area (Å²) in [6, 6.07) is 0. The van der Waals surface area contributed by atoms with E-state index in [-0.39, 0.29) is 37.7 Å². The minimum absolute atomic E-state index is 0. The molecule has 0 saturated carbocycles. The van der Waals surface area contributed by atoms with Gasteiger partial charge in [0.05, 0.1) is 11.9 Å². The number of carbonyl (C=O) groups is 2. The summed E-state index contributed by atoms with van der Waals surface area (Å²) in [5.41, 5.74) is 0. The monoisotopic (exact) mass is 159 g/mol. The fourth-order valence-electron chi connectivity index (χ4n) is 0.497. The zero-order valence-electron chi connectivity index (χ0n) is 7.49. The van der Waals surface area contributed by atoms with Gasteiger partial charge in [-0.05, 0) is 7.05 Å². The molecule has 0 aromatic rings. The number of likely N-dealkylation sites (N-methyl/N-ethyl adjacent to an activating group) is 1. The summed E-state index contributed by atoms with van der Waals surface area (Å²) in [6.07, 6.45) is 0. The zero-order valence-corrected chi connectivity index (χ0v) is 7.49. The topological polar surface area (TPSA) is 83.5 Å². The molecule has 0 radical (unpaired) electrons. The molecule has 0 aliphatic rings. The first-order valence-electron chi connectivity index (χ1n) is 2.60. The van der Waals surface area contributed by atoms with Gasteiger partial charge < -0.3 is 19.8 Å². The van der Waals surface area contributed by atoms with Gasteiger partial charge in [0.15, 0.2) is 0 Å². The van der Waals surface area contributed by atoms with Gasteiger partial charge in [-0.2, -0.15) is 0 Å². The van der Waals surface area contributed by atoms with Gasteiger partial charge in [0, 0.05) is 13.1 Å². The Balaban J connectivity index is -0.000000405. The van der Waals surface area contributed by atoms with Crippen molar-refractivity contribution in [3.63, 3.8) is 0 Å². The average molecular weight is 159 g/mol. The van der Waals surface area contributed by atoms with Crippen LogP contribution in [0.25, 0.3) is 0 Å². The first kappa shape index (κ1) is 18.0. The molecule has 0 aromatic heterocycles. The van der Waals surface area contributed by atoms with Gasteiger partial charge >= 0.3 is 37.7 Å². The number of carboxylic acids is 2. The van der Waals surface area contributed by atoms with Gasteiger partial charge in [0.25, 0.3) is 0 Å². The van der Waals surface area contributed by atoms with Crippen molar-refractivity contribution in [2.24, 2.45) is 0 Å². The quantitative estimate of drug-likeness (QED) is 0.380. The number of hydrogen-bond donors (Lipinski definition) is 0. The maximum absolute atomic E-state index is 9.83. The molecule has 0 atom stereocenters. The Morgan fingerprint density at radius 2 is 1.33 bits per heavy atom. The molecule has 0 heterocycles. The standard InChI is InChI=1S/C5H9NO4.2Li/c1-6(2-4(7)8)3-5(9)10;;/h2-3H2,1H3,(H,7,8)(H,9,10);;/q;2*+1/p-2. The van der Waals surface area contributed by atoms with Crippen LogP contribution < -0.4 is 47.9 Å². The number of aliphatic carboxylic acids is 2. The van der Waals surface area contributed by atoms with E-state index in [9.17, 15) is 19.8 Å². The van der Waals surface area contributed by atoms with Crippen LogP contribution in [0.1, 0.15) is 0 Å². The number of carboxylic acid groups (broad SMARTS) is 2. The Bertz CT molecular complexity index is 136. The Hall–Kier alpha value is 0.0948. The molecule has 0 spiro atoms. The fourth-order valence-corrected chi connectivity index (χ4v) is 0.497. The third kappa shape index (κ3) is 12.7. The molecule has 0 bridgehead atoms. The minimum Gasteiger partial charge on any atom is -0.549 e. The summed E-state index contributed by atoms with van der Waals surface area (Å²) in [6.45, 7) is -0.790. The molecule has 0 saturated heterocycles. The molecule has 0 unspecified atom stereocenters. The normalized spacial score (nSPS) is 8.17. The Morgan fingerprint density at radius 3 is 1.50 bits per heavy atom. The van der Waals surface area contributed by atoms with Crippen LogP contribution in [0.15, 0.2) is 0 Å². The molecule has 0 aliphatic carbocycles. The second kappa shape index (κ2) is 9.18.